The maximum absolute atomic E-state index is 3.77. The van der Waals surface area contributed by atoms with Crippen molar-refractivity contribution in [3.63, 3.8) is 0 Å². The minimum Gasteiger partial charge on any atom is 0 e. The van der Waals surface area contributed by atoms with Crippen LogP contribution in [-0.2, 0) is 33.9 Å². The van der Waals surface area contributed by atoms with Gasteiger partial charge in [0.2, 0.25) is 0 Å². The average Bonchev–Trinajstić information content (AvgIpc) is 1.00. The molecule has 4 heteroatoms. The molecule has 0 amide bonds. The first-order valence-corrected chi connectivity index (χ1v) is 1.52. The van der Waals surface area contributed by atoms with Crippen molar-refractivity contribution in [1.82, 2.24) is 0 Å². The molecular weight excluding hydrogens is 193 g/mol. The molecule has 0 unspecified atom stereocenters. The molecule has 0 aliphatic rings. The average molecular weight is 195 g/mol. The van der Waals surface area contributed by atoms with Gasteiger partial charge in [-0.1, -0.05) is 0 Å². The van der Waals surface area contributed by atoms with Crippen molar-refractivity contribution >= 4 is 24.0 Å². The van der Waals surface area contributed by atoms with Crippen molar-refractivity contribution in [1.29, 1.82) is 0 Å². The van der Waals surface area contributed by atoms with Crippen molar-refractivity contribution in [2.75, 3.05) is 0 Å². The quantitative estimate of drug-likeness (QED) is 0.514. The molecule has 0 bridgehead atoms. The number of hydrogen-bond donors (Lipinski definition) is 0. The summed E-state index contributed by atoms with van der Waals surface area (Å²) in [7, 11) is 3.65. The van der Waals surface area contributed by atoms with Gasteiger partial charge in [-0.3, -0.25) is 0 Å². The third-order valence-corrected chi connectivity index (χ3v) is 0. The first-order valence-electron chi connectivity index (χ1n) is 0.123. The molecule has 0 radical (unpaired) electrons. The summed E-state index contributed by atoms with van der Waals surface area (Å²) in [5.74, 6) is 0. The summed E-state index contributed by atoms with van der Waals surface area (Å²) in [4.78, 5) is 0. The minimum atomic E-state index is 0. The Morgan fingerprint density at radius 2 is 1.25 bits per heavy atom. The van der Waals surface area contributed by atoms with Crippen molar-refractivity contribution in [2.24, 2.45) is 0 Å². The Kier molecular flexibility index (Phi) is 95.4. The third-order valence-electron chi connectivity index (χ3n) is 0. The van der Waals surface area contributed by atoms with Crippen LogP contribution >= 0.6 is 24.0 Å². The molecule has 0 aromatic carbocycles. The second-order valence-electron chi connectivity index (χ2n) is 0. The Balaban J connectivity index is -0.00000000500. The van der Waals surface area contributed by atoms with Gasteiger partial charge < -0.3 is 0 Å². The summed E-state index contributed by atoms with van der Waals surface area (Å²) >= 11 is 3.77. The normalized spacial score (nSPS) is 1.50. The minimum absolute atomic E-state index is 0. The molecule has 0 nitrogen and oxygen atoms in total. The van der Waals surface area contributed by atoms with Gasteiger partial charge in [0.05, 0.1) is 0 Å². The zero-order valence-electron chi connectivity index (χ0n) is 1.92. The van der Waals surface area contributed by atoms with Crippen molar-refractivity contribution in [2.45, 2.75) is 0 Å². The van der Waals surface area contributed by atoms with Crippen LogP contribution in [0.2, 0.25) is 0 Å². The number of hydrogen-bond acceptors (Lipinski definition) is 1. The van der Waals surface area contributed by atoms with Gasteiger partial charge in [-0.15, -0.1) is 0 Å². The van der Waals surface area contributed by atoms with E-state index in [1.807, 2.05) is 0 Å². The van der Waals surface area contributed by atoms with E-state index in [1.54, 1.807) is 0 Å². The van der Waals surface area contributed by atoms with Crippen molar-refractivity contribution in [3.8, 4) is 0 Å². The molecule has 27 valence electrons. The molecule has 0 spiro atoms. The summed E-state index contributed by atoms with van der Waals surface area (Å²) in [6, 6.07) is 0. The fourth-order valence-electron chi connectivity index (χ4n) is 0. The Morgan fingerprint density at radius 1 is 1.25 bits per heavy atom. The van der Waals surface area contributed by atoms with Crippen LogP contribution in [0.5, 0.6) is 0 Å². The van der Waals surface area contributed by atoms with E-state index in [-0.39, 0.29) is 33.0 Å². The molecule has 0 N–H and O–H groups in total. The second kappa shape index (κ2) is 22.1. The maximum atomic E-state index is 3.77. The van der Waals surface area contributed by atoms with Crippen molar-refractivity contribution < 1.29 is 33.9 Å². The van der Waals surface area contributed by atoms with E-state index in [1.165, 1.54) is 0 Å². The largest absolute Gasteiger partial charge is 0 e. The third kappa shape index (κ3) is 9.31. The van der Waals surface area contributed by atoms with Gasteiger partial charge in [-0.05, 0) is 0 Å². The Morgan fingerprint density at radius 3 is 1.25 bits per heavy atom. The Hall–Kier alpha value is 1.71. The van der Waals surface area contributed by atoms with E-state index < -0.39 is 0 Å². The summed E-state index contributed by atoms with van der Waals surface area (Å²) in [5, 5.41) is 0. The molecule has 0 rings (SSSR count). The Labute approximate surface area is 57.6 Å². The summed E-state index contributed by atoms with van der Waals surface area (Å²) < 4.78 is 0. The molecule has 0 aromatic heterocycles. The van der Waals surface area contributed by atoms with Crippen molar-refractivity contribution in [3.05, 3.63) is 0 Å². The van der Waals surface area contributed by atoms with Crippen LogP contribution in [0.4, 0.5) is 0 Å². The summed E-state index contributed by atoms with van der Waals surface area (Å²) in [6.07, 6.45) is 0. The van der Waals surface area contributed by atoms with E-state index in [9.17, 15) is 0 Å². The summed E-state index contributed by atoms with van der Waals surface area (Å²) in [6.45, 7) is 0. The predicted octanol–water partition coefficient (Wildman–Crippen LogP) is 0.756. The molecule has 0 saturated heterocycles. The predicted molar refractivity (Wildman–Crippen MR) is 18.0 cm³/mol. The van der Waals surface area contributed by atoms with Gasteiger partial charge in [0, 0.05) is 19.5 Å². The summed E-state index contributed by atoms with van der Waals surface area (Å²) in [5.41, 5.74) is 0. The SMILES string of the molecule is S.[S]=[Cu].[Zn]. The van der Waals surface area contributed by atoms with E-state index in [0.29, 0.717) is 0 Å². The molecule has 0 aliphatic heterocycles. The molecule has 0 heterocycles. The molecule has 0 aromatic rings. The van der Waals surface area contributed by atoms with Crippen LogP contribution in [0.25, 0.3) is 0 Å². The maximum Gasteiger partial charge on any atom is 0 e. The van der Waals surface area contributed by atoms with Crippen LogP contribution in [0.1, 0.15) is 0 Å². The van der Waals surface area contributed by atoms with Crippen LogP contribution in [-0.4, -0.2) is 0 Å². The molecule has 0 fully saturated rings. The van der Waals surface area contributed by atoms with Gasteiger partial charge >= 0.3 is 24.9 Å². The van der Waals surface area contributed by atoms with Crippen LogP contribution < -0.4 is 0 Å². The molecule has 0 aliphatic carbocycles. The van der Waals surface area contributed by atoms with E-state index in [4.69, 9.17) is 0 Å². The second-order valence-corrected chi connectivity index (χ2v) is 0. The van der Waals surface area contributed by atoms with Gasteiger partial charge in [0.25, 0.3) is 0 Å². The number of rotatable bonds is 0. The first-order chi connectivity index (χ1) is 1.00. The fourth-order valence-corrected chi connectivity index (χ4v) is 0. The zero-order valence-corrected chi connectivity index (χ0v) is 7.64. The van der Waals surface area contributed by atoms with Gasteiger partial charge in [0.1, 0.15) is 0 Å². The van der Waals surface area contributed by atoms with E-state index in [2.05, 4.69) is 24.9 Å². The van der Waals surface area contributed by atoms with Crippen LogP contribution in [0.15, 0.2) is 0 Å². The van der Waals surface area contributed by atoms with Crippen LogP contribution in [0, 0.1) is 0 Å². The van der Waals surface area contributed by atoms with Gasteiger partial charge in [-0.2, -0.15) is 13.5 Å². The molecule has 0 saturated carbocycles. The first kappa shape index (κ1) is 17.2. The van der Waals surface area contributed by atoms with E-state index >= 15 is 0 Å². The standard InChI is InChI=1S/Cu.H2S.S.Zn/h;1H2;;. The van der Waals surface area contributed by atoms with Gasteiger partial charge in [0.15, 0.2) is 0 Å². The Bertz CT molecular complexity index is 6.00. The fraction of sp³-hybridized carbons (Fsp3) is 0. The zero-order chi connectivity index (χ0) is 2.00. The molecule has 0 atom stereocenters. The smallest absolute Gasteiger partial charge is 0 e. The molecular formula is H2CuS2Zn. The van der Waals surface area contributed by atoms with Crippen LogP contribution in [0.3, 0.4) is 0 Å². The van der Waals surface area contributed by atoms with E-state index in [0.717, 1.165) is 0 Å². The molecule has 4 heavy (non-hydrogen) atoms. The van der Waals surface area contributed by atoms with Gasteiger partial charge in [-0.25, -0.2) is 0 Å². The monoisotopic (exact) mass is 193 g/mol. The topological polar surface area (TPSA) is 0 Å².